The number of aryl methyl sites for hydroxylation is 1. The molecule has 5 rings (SSSR count). The maximum atomic E-state index is 16.0. The van der Waals surface area contributed by atoms with Gasteiger partial charge in [-0.2, -0.15) is 13.5 Å². The average Bonchev–Trinajstić information content (AvgIpc) is 3.12. The second-order valence-corrected chi connectivity index (χ2v) is 11.3. The summed E-state index contributed by atoms with van der Waals surface area (Å²) in [5, 5.41) is 10.2. The molecule has 204 valence electrons. The highest BCUT2D eigenvalue weighted by Gasteiger charge is 2.47. The highest BCUT2D eigenvalue weighted by molar-refractivity contribution is 7.85. The first-order valence-electron chi connectivity index (χ1n) is 11.4. The van der Waals surface area contributed by atoms with E-state index in [9.17, 15) is 17.6 Å². The van der Waals surface area contributed by atoms with Crippen LogP contribution in [-0.4, -0.2) is 60.6 Å². The van der Waals surface area contributed by atoms with Crippen LogP contribution in [0.3, 0.4) is 0 Å². The molecule has 1 atom stereocenters. The van der Waals surface area contributed by atoms with Gasteiger partial charge in [0.15, 0.2) is 17.5 Å². The summed E-state index contributed by atoms with van der Waals surface area (Å²) in [5.41, 5.74) is -0.992. The van der Waals surface area contributed by atoms with Gasteiger partial charge in [0.2, 0.25) is 0 Å². The molecule has 9 nitrogen and oxygen atoms in total. The molecule has 0 saturated carbocycles. The van der Waals surface area contributed by atoms with Gasteiger partial charge in [-0.05, 0) is 25.1 Å². The average molecular weight is 572 g/mol. The molecule has 1 amide bonds. The number of benzene rings is 2. The Morgan fingerprint density at radius 3 is 2.39 bits per heavy atom. The van der Waals surface area contributed by atoms with Gasteiger partial charge in [0, 0.05) is 48.8 Å². The van der Waals surface area contributed by atoms with Crippen molar-refractivity contribution in [1.82, 2.24) is 15.1 Å². The van der Waals surface area contributed by atoms with Crippen LogP contribution in [0.15, 0.2) is 36.5 Å². The van der Waals surface area contributed by atoms with Gasteiger partial charge in [-0.1, -0.05) is 23.7 Å². The number of aromatic nitrogens is 2. The Balaban J connectivity index is 0.000000617. The number of nitrogens with zero attached hydrogens (tertiary/aromatic N) is 3. The quantitative estimate of drug-likeness (QED) is 0.411. The number of carbonyl (C=O) groups is 1. The first kappa shape index (κ1) is 27.9. The largest absolute Gasteiger partial charge is 0.377 e. The minimum absolute atomic E-state index is 0.0166. The van der Waals surface area contributed by atoms with E-state index in [4.69, 9.17) is 16.2 Å². The first-order chi connectivity index (χ1) is 17.7. The Morgan fingerprint density at radius 1 is 1.18 bits per heavy atom. The van der Waals surface area contributed by atoms with E-state index in [0.717, 1.165) is 11.1 Å². The summed E-state index contributed by atoms with van der Waals surface area (Å²) >= 11 is 6.05. The van der Waals surface area contributed by atoms with E-state index in [1.807, 2.05) is 0 Å². The Kier molecular flexibility index (Phi) is 7.49. The van der Waals surface area contributed by atoms with Crippen molar-refractivity contribution < 1.29 is 30.9 Å². The van der Waals surface area contributed by atoms with Gasteiger partial charge in [0.1, 0.15) is 5.82 Å². The molecule has 1 saturated heterocycles. The summed E-state index contributed by atoms with van der Waals surface area (Å²) < 4.78 is 73.0. The van der Waals surface area contributed by atoms with Gasteiger partial charge >= 0.3 is 0 Å². The maximum absolute atomic E-state index is 16.0. The molecule has 2 aromatic carbocycles. The maximum Gasteiger partial charge on any atom is 0.261 e. The van der Waals surface area contributed by atoms with Crippen LogP contribution in [0.25, 0.3) is 0 Å². The molecule has 0 spiro atoms. The lowest BCUT2D eigenvalue weighted by atomic mass is 9.70. The predicted molar refractivity (Wildman–Crippen MR) is 137 cm³/mol. The van der Waals surface area contributed by atoms with Gasteiger partial charge in [-0.3, -0.25) is 18.9 Å². The fraction of sp³-hybridized carbons (Fsp3) is 0.333. The molecule has 0 bridgehead atoms. The molecule has 2 aliphatic rings. The molecular weight excluding hydrogens is 547 g/mol. The molecule has 3 heterocycles. The fourth-order valence-corrected chi connectivity index (χ4v) is 4.75. The van der Waals surface area contributed by atoms with Crippen LogP contribution in [-0.2, 0) is 22.6 Å². The number of amides is 1. The van der Waals surface area contributed by atoms with Crippen LogP contribution in [0.5, 0.6) is 0 Å². The molecule has 1 fully saturated rings. The zero-order chi connectivity index (χ0) is 28.0. The van der Waals surface area contributed by atoms with Gasteiger partial charge < -0.3 is 10.6 Å². The number of carbonyl (C=O) groups excluding carboxylic acids is 1. The second-order valence-electron chi connectivity index (χ2n) is 9.38. The zero-order valence-electron chi connectivity index (χ0n) is 20.6. The molecule has 3 aromatic rings. The molecular formula is C24H25ClF3N5O4S. The molecule has 0 aliphatic carbocycles. The highest BCUT2D eigenvalue weighted by atomic mass is 35.5. The van der Waals surface area contributed by atoms with E-state index < -0.39 is 38.9 Å². The van der Waals surface area contributed by atoms with E-state index in [1.165, 1.54) is 36.0 Å². The van der Waals surface area contributed by atoms with Crippen molar-refractivity contribution in [1.29, 1.82) is 0 Å². The van der Waals surface area contributed by atoms with Gasteiger partial charge in [0.25, 0.3) is 16.0 Å². The Morgan fingerprint density at radius 2 is 1.84 bits per heavy atom. The predicted octanol–water partition coefficient (Wildman–Crippen LogP) is 3.34. The van der Waals surface area contributed by atoms with Gasteiger partial charge in [-0.15, -0.1) is 0 Å². The van der Waals surface area contributed by atoms with Crippen molar-refractivity contribution >= 4 is 39.1 Å². The van der Waals surface area contributed by atoms with Crippen molar-refractivity contribution in [2.75, 3.05) is 36.1 Å². The number of nitrogens with one attached hydrogen (secondary N) is 2. The minimum Gasteiger partial charge on any atom is -0.377 e. The minimum atomic E-state index is -3.67. The highest BCUT2D eigenvalue weighted by Crippen LogP contribution is 2.45. The first-order valence-corrected chi connectivity index (χ1v) is 13.6. The SMILES string of the molecule is CS(=O)(=O)O.Cn1cc(F)c(N2CC(C)(c3cccc(Cl)c3F)c3c(ccc(NC4CNC4)c3F)C2=O)n1. The number of rotatable bonds is 4. The Labute approximate surface area is 222 Å². The third-order valence-corrected chi connectivity index (χ3v) is 6.64. The lowest BCUT2D eigenvalue weighted by molar-refractivity contribution is 0.0967. The number of fused-ring (bicyclic) bond motifs is 1. The number of anilines is 2. The van der Waals surface area contributed by atoms with Crippen LogP contribution in [0, 0.1) is 17.5 Å². The summed E-state index contributed by atoms with van der Waals surface area (Å²) in [4.78, 5) is 14.5. The van der Waals surface area contributed by atoms with Gasteiger partial charge in [-0.25, -0.2) is 13.2 Å². The molecule has 1 unspecified atom stereocenters. The van der Waals surface area contributed by atoms with Crippen LogP contribution in [0.4, 0.5) is 24.7 Å². The van der Waals surface area contributed by atoms with E-state index >= 15 is 8.78 Å². The van der Waals surface area contributed by atoms with Crippen LogP contribution in [0.2, 0.25) is 5.02 Å². The summed E-state index contributed by atoms with van der Waals surface area (Å²) in [5.74, 6) is -2.89. The van der Waals surface area contributed by atoms with Crippen molar-refractivity contribution in [3.8, 4) is 0 Å². The molecule has 3 N–H and O–H groups in total. The lowest BCUT2D eigenvalue weighted by Crippen LogP contribution is -2.52. The topological polar surface area (TPSA) is 117 Å². The standard InChI is InChI=1S/C23H21ClF3N5O.CH4O3S/c1-23(14-4-3-5-15(24)19(14)26)11-32(21-16(25)10-31(2)30-21)22(33)13-6-7-17(20(27)18(13)23)29-12-8-28-9-12;1-5(2,3)4/h3-7,10,12,28-29H,8-9,11H2,1-2H3;1H3,(H,2,3,4). The summed E-state index contributed by atoms with van der Waals surface area (Å²) in [6, 6.07) is 7.48. The lowest BCUT2D eigenvalue weighted by Gasteiger charge is -2.42. The van der Waals surface area contributed by atoms with E-state index in [0.29, 0.717) is 19.3 Å². The number of hydrogen-bond acceptors (Lipinski definition) is 6. The van der Waals surface area contributed by atoms with Crippen LogP contribution in [0.1, 0.15) is 28.4 Å². The Bertz CT molecular complexity index is 1500. The number of halogens is 4. The van der Waals surface area contributed by atoms with Crippen molar-refractivity contribution in [2.45, 2.75) is 18.4 Å². The van der Waals surface area contributed by atoms with E-state index in [-0.39, 0.29) is 45.8 Å². The van der Waals surface area contributed by atoms with Gasteiger partial charge in [0.05, 0.1) is 29.2 Å². The third-order valence-electron chi connectivity index (χ3n) is 6.35. The summed E-state index contributed by atoms with van der Waals surface area (Å²) in [7, 11) is -2.14. The van der Waals surface area contributed by atoms with E-state index in [2.05, 4.69) is 15.7 Å². The molecule has 14 heteroatoms. The van der Waals surface area contributed by atoms with E-state index in [1.54, 1.807) is 13.0 Å². The third kappa shape index (κ3) is 5.37. The molecule has 1 aromatic heterocycles. The molecule has 0 radical (unpaired) electrons. The van der Waals surface area contributed by atoms with Crippen molar-refractivity contribution in [3.63, 3.8) is 0 Å². The Hall–Kier alpha value is -3.13. The smallest absolute Gasteiger partial charge is 0.261 e. The fourth-order valence-electron chi connectivity index (χ4n) is 4.58. The summed E-state index contributed by atoms with van der Waals surface area (Å²) in [6.45, 7) is 2.76. The molecule has 38 heavy (non-hydrogen) atoms. The normalized spacial score (nSPS) is 19.4. The number of hydrogen-bond donors (Lipinski definition) is 3. The van der Waals surface area contributed by atoms with Crippen LogP contribution < -0.4 is 15.5 Å². The monoisotopic (exact) mass is 571 g/mol. The van der Waals surface area contributed by atoms with Crippen molar-refractivity contribution in [3.05, 3.63) is 75.7 Å². The van der Waals surface area contributed by atoms with Crippen molar-refractivity contribution in [2.24, 2.45) is 7.05 Å². The second kappa shape index (κ2) is 10.2. The summed E-state index contributed by atoms with van der Waals surface area (Å²) in [6.07, 6.45) is 1.85. The van der Waals surface area contributed by atoms with Crippen LogP contribution >= 0.6 is 11.6 Å². The molecule has 2 aliphatic heterocycles. The zero-order valence-corrected chi connectivity index (χ0v) is 22.2.